The van der Waals surface area contributed by atoms with Crippen LogP contribution in [0.25, 0.3) is 0 Å². The quantitative estimate of drug-likeness (QED) is 0.919. The number of carbonyl (C=O) groups excluding carboxylic acids is 1. The summed E-state index contributed by atoms with van der Waals surface area (Å²) >= 11 is 3.31. The largest absolute Gasteiger partial charge is 0.317 e. The molecule has 96 valence electrons. The number of hydrogen-bond acceptors (Lipinski definition) is 3. The SMILES string of the molecule is Cc1nn(C)c(C)c1NC(=O)c1nn(C)cc1Br. The molecule has 6 nitrogen and oxygen atoms in total. The molecule has 2 aromatic rings. The molecule has 2 rings (SSSR count). The van der Waals surface area contributed by atoms with E-state index in [1.165, 1.54) is 0 Å². The van der Waals surface area contributed by atoms with Crippen LogP contribution < -0.4 is 5.32 Å². The first-order chi connectivity index (χ1) is 8.40. The standard InChI is InChI=1S/C11H14BrN5O/c1-6-9(7(2)17(4)14-6)13-11(18)10-8(12)5-16(3)15-10/h5H,1-4H3,(H,13,18). The minimum absolute atomic E-state index is 0.248. The molecule has 0 aliphatic rings. The Labute approximate surface area is 113 Å². The fourth-order valence-corrected chi connectivity index (χ4v) is 2.30. The van der Waals surface area contributed by atoms with Gasteiger partial charge in [0.15, 0.2) is 5.69 Å². The topological polar surface area (TPSA) is 64.7 Å². The Hall–Kier alpha value is -1.63. The maximum Gasteiger partial charge on any atom is 0.277 e. The van der Waals surface area contributed by atoms with Crippen molar-refractivity contribution >= 4 is 27.5 Å². The molecule has 0 bridgehead atoms. The highest BCUT2D eigenvalue weighted by Crippen LogP contribution is 2.21. The number of halogens is 1. The van der Waals surface area contributed by atoms with E-state index in [4.69, 9.17) is 0 Å². The number of hydrogen-bond donors (Lipinski definition) is 1. The second-order valence-corrected chi connectivity index (χ2v) is 4.98. The predicted molar refractivity (Wildman–Crippen MR) is 71.5 cm³/mol. The Morgan fingerprint density at radius 1 is 1.33 bits per heavy atom. The third-order valence-corrected chi connectivity index (χ3v) is 3.33. The third kappa shape index (κ3) is 2.17. The van der Waals surface area contributed by atoms with Gasteiger partial charge in [-0.2, -0.15) is 10.2 Å². The normalized spacial score (nSPS) is 10.7. The molecular weight excluding hydrogens is 298 g/mol. The predicted octanol–water partition coefficient (Wildman–Crippen LogP) is 1.79. The summed E-state index contributed by atoms with van der Waals surface area (Å²) in [6.45, 7) is 3.76. The van der Waals surface area contributed by atoms with Crippen molar-refractivity contribution in [3.05, 3.63) is 27.8 Å². The monoisotopic (exact) mass is 311 g/mol. The summed E-state index contributed by atoms with van der Waals surface area (Å²) < 4.78 is 3.99. The van der Waals surface area contributed by atoms with E-state index in [-0.39, 0.29) is 5.91 Å². The number of nitrogens with one attached hydrogen (secondary N) is 1. The van der Waals surface area contributed by atoms with E-state index in [1.807, 2.05) is 20.9 Å². The van der Waals surface area contributed by atoms with Gasteiger partial charge in [0.25, 0.3) is 5.91 Å². The molecule has 0 spiro atoms. The summed E-state index contributed by atoms with van der Waals surface area (Å²) in [6, 6.07) is 0. The van der Waals surface area contributed by atoms with Crippen molar-refractivity contribution in [3.8, 4) is 0 Å². The Morgan fingerprint density at radius 3 is 2.44 bits per heavy atom. The van der Waals surface area contributed by atoms with Gasteiger partial charge >= 0.3 is 0 Å². The Kier molecular flexibility index (Phi) is 3.25. The molecule has 7 heteroatoms. The van der Waals surface area contributed by atoms with Crippen LogP contribution in [-0.4, -0.2) is 25.5 Å². The zero-order chi connectivity index (χ0) is 13.4. The van der Waals surface area contributed by atoms with Crippen molar-refractivity contribution in [3.63, 3.8) is 0 Å². The van der Waals surface area contributed by atoms with Crippen molar-refractivity contribution < 1.29 is 4.79 Å². The fraction of sp³-hybridized carbons (Fsp3) is 0.364. The molecule has 0 saturated heterocycles. The van der Waals surface area contributed by atoms with Gasteiger partial charge in [-0.25, -0.2) is 0 Å². The van der Waals surface area contributed by atoms with Crippen LogP contribution in [0.15, 0.2) is 10.7 Å². The van der Waals surface area contributed by atoms with Crippen molar-refractivity contribution in [1.29, 1.82) is 0 Å². The van der Waals surface area contributed by atoms with Crippen LogP contribution >= 0.6 is 15.9 Å². The molecule has 2 heterocycles. The average Bonchev–Trinajstić information content (AvgIpc) is 2.73. The molecule has 0 saturated carbocycles. The van der Waals surface area contributed by atoms with Gasteiger partial charge in [-0.05, 0) is 29.8 Å². The molecule has 0 radical (unpaired) electrons. The Morgan fingerprint density at radius 2 is 2.00 bits per heavy atom. The number of amides is 1. The summed E-state index contributed by atoms with van der Waals surface area (Å²) in [5, 5.41) is 11.2. The van der Waals surface area contributed by atoms with Crippen LogP contribution in [0.2, 0.25) is 0 Å². The number of carbonyl (C=O) groups is 1. The van der Waals surface area contributed by atoms with E-state index in [0.717, 1.165) is 17.1 Å². The first kappa shape index (κ1) is 12.8. The van der Waals surface area contributed by atoms with E-state index >= 15 is 0 Å². The number of anilines is 1. The molecule has 0 aliphatic heterocycles. The maximum atomic E-state index is 12.1. The number of nitrogens with zero attached hydrogens (tertiary/aromatic N) is 4. The van der Waals surface area contributed by atoms with Gasteiger partial charge in [0.05, 0.1) is 21.5 Å². The van der Waals surface area contributed by atoms with Gasteiger partial charge in [0.2, 0.25) is 0 Å². The van der Waals surface area contributed by atoms with Crippen LogP contribution in [0.4, 0.5) is 5.69 Å². The molecule has 1 amide bonds. The first-order valence-corrected chi connectivity index (χ1v) is 6.20. The van der Waals surface area contributed by atoms with Crippen LogP contribution in [-0.2, 0) is 14.1 Å². The van der Waals surface area contributed by atoms with Gasteiger partial charge < -0.3 is 5.32 Å². The zero-order valence-electron chi connectivity index (χ0n) is 10.7. The van der Waals surface area contributed by atoms with Gasteiger partial charge in [-0.15, -0.1) is 0 Å². The van der Waals surface area contributed by atoms with E-state index in [1.54, 1.807) is 22.6 Å². The minimum Gasteiger partial charge on any atom is -0.317 e. The lowest BCUT2D eigenvalue weighted by molar-refractivity contribution is 0.102. The second-order valence-electron chi connectivity index (χ2n) is 4.12. The molecule has 0 aromatic carbocycles. The minimum atomic E-state index is -0.248. The fourth-order valence-electron chi connectivity index (χ4n) is 1.74. The van der Waals surface area contributed by atoms with Crippen molar-refractivity contribution in [2.45, 2.75) is 13.8 Å². The van der Waals surface area contributed by atoms with Gasteiger partial charge in [0.1, 0.15) is 0 Å². The summed E-state index contributed by atoms with van der Waals surface area (Å²) in [5.74, 6) is -0.248. The highest BCUT2D eigenvalue weighted by molar-refractivity contribution is 9.10. The Bertz CT molecular complexity index is 613. The third-order valence-electron chi connectivity index (χ3n) is 2.75. The van der Waals surface area contributed by atoms with Crippen molar-refractivity contribution in [2.24, 2.45) is 14.1 Å². The van der Waals surface area contributed by atoms with Crippen molar-refractivity contribution in [1.82, 2.24) is 19.6 Å². The lowest BCUT2D eigenvalue weighted by Crippen LogP contribution is -2.14. The van der Waals surface area contributed by atoms with Crippen molar-refractivity contribution in [2.75, 3.05) is 5.32 Å². The highest BCUT2D eigenvalue weighted by Gasteiger charge is 2.18. The number of rotatable bonds is 2. The first-order valence-electron chi connectivity index (χ1n) is 5.41. The van der Waals surface area contributed by atoms with E-state index in [2.05, 4.69) is 31.4 Å². The van der Waals surface area contributed by atoms with Crippen LogP contribution in [0, 0.1) is 13.8 Å². The Balaban J connectivity index is 2.29. The summed E-state index contributed by atoms with van der Waals surface area (Å²) in [4.78, 5) is 12.1. The highest BCUT2D eigenvalue weighted by atomic mass is 79.9. The number of aromatic nitrogens is 4. The van der Waals surface area contributed by atoms with E-state index in [9.17, 15) is 4.79 Å². The summed E-state index contributed by atoms with van der Waals surface area (Å²) in [5.41, 5.74) is 2.79. The molecular formula is C11H14BrN5O. The van der Waals surface area contributed by atoms with Gasteiger partial charge in [-0.1, -0.05) is 0 Å². The molecule has 2 aromatic heterocycles. The molecule has 18 heavy (non-hydrogen) atoms. The number of aryl methyl sites for hydroxylation is 3. The average molecular weight is 312 g/mol. The van der Waals surface area contributed by atoms with Crippen LogP contribution in [0.5, 0.6) is 0 Å². The molecule has 1 N–H and O–H groups in total. The van der Waals surface area contributed by atoms with Crippen LogP contribution in [0.3, 0.4) is 0 Å². The molecule has 0 atom stereocenters. The smallest absolute Gasteiger partial charge is 0.277 e. The summed E-state index contributed by atoms with van der Waals surface area (Å²) in [6.07, 6.45) is 1.73. The molecule has 0 unspecified atom stereocenters. The zero-order valence-corrected chi connectivity index (χ0v) is 12.2. The van der Waals surface area contributed by atoms with E-state index in [0.29, 0.717) is 10.2 Å². The molecule has 0 aliphatic carbocycles. The summed E-state index contributed by atoms with van der Waals surface area (Å²) in [7, 11) is 3.61. The lowest BCUT2D eigenvalue weighted by atomic mass is 10.3. The molecule has 0 fully saturated rings. The second kappa shape index (κ2) is 4.56. The van der Waals surface area contributed by atoms with Crippen LogP contribution in [0.1, 0.15) is 21.9 Å². The lowest BCUT2D eigenvalue weighted by Gasteiger charge is -2.03. The maximum absolute atomic E-state index is 12.1. The van der Waals surface area contributed by atoms with Gasteiger partial charge in [-0.3, -0.25) is 14.2 Å². The van der Waals surface area contributed by atoms with E-state index < -0.39 is 0 Å². The van der Waals surface area contributed by atoms with Gasteiger partial charge in [0, 0.05) is 20.3 Å².